The molecule has 0 amide bonds. The second kappa shape index (κ2) is 11.0. The maximum atomic E-state index is 9.58. The largest absolute Gasteiger partial charge is 0.478 e. The molecular weight excluding hydrogens is 464 g/mol. The van der Waals surface area contributed by atoms with Crippen molar-refractivity contribution in [2.24, 2.45) is 5.92 Å². The molecule has 35 heavy (non-hydrogen) atoms. The minimum Gasteiger partial charge on any atom is -0.478 e. The van der Waals surface area contributed by atoms with Crippen molar-refractivity contribution in [1.82, 2.24) is 20.3 Å². The fraction of sp³-hybridized carbons (Fsp3) is 0.440. The van der Waals surface area contributed by atoms with Gasteiger partial charge in [0.15, 0.2) is 5.58 Å². The smallest absolute Gasteiger partial charge is 0.225 e. The molecule has 0 radical (unpaired) electrons. The number of furan rings is 1. The Balaban J connectivity index is 1.72. The summed E-state index contributed by atoms with van der Waals surface area (Å²) in [6.45, 7) is 10.5. The van der Waals surface area contributed by atoms with E-state index < -0.39 is 0 Å². The van der Waals surface area contributed by atoms with E-state index in [0.29, 0.717) is 53.0 Å². The average molecular weight is 497 g/mol. The molecule has 2 atom stereocenters. The number of thiocarbonyl (C=S) groups is 1. The molecule has 4 rings (SSSR count). The van der Waals surface area contributed by atoms with E-state index in [9.17, 15) is 5.11 Å². The Kier molecular flexibility index (Phi) is 7.82. The van der Waals surface area contributed by atoms with Crippen molar-refractivity contribution in [3.05, 3.63) is 36.3 Å². The van der Waals surface area contributed by atoms with Gasteiger partial charge in [-0.15, -0.1) is 0 Å². The highest BCUT2D eigenvalue weighted by molar-refractivity contribution is 7.80. The highest BCUT2D eigenvalue weighted by Crippen LogP contribution is 2.38. The van der Waals surface area contributed by atoms with Crippen LogP contribution in [0.5, 0.6) is 5.88 Å². The quantitative estimate of drug-likeness (QED) is 0.302. The number of nitrogens with one attached hydrogen (secondary N) is 3. The fourth-order valence-electron chi connectivity index (χ4n) is 4.46. The van der Waals surface area contributed by atoms with Crippen molar-refractivity contribution >= 4 is 39.9 Å². The van der Waals surface area contributed by atoms with Gasteiger partial charge in [-0.3, -0.25) is 0 Å². The van der Waals surface area contributed by atoms with Crippen molar-refractivity contribution in [2.45, 2.75) is 46.1 Å². The predicted molar refractivity (Wildman–Crippen MR) is 142 cm³/mol. The third-order valence-electron chi connectivity index (χ3n) is 6.09. The van der Waals surface area contributed by atoms with Crippen LogP contribution in [0.25, 0.3) is 22.3 Å². The van der Waals surface area contributed by atoms with Crippen LogP contribution in [0, 0.1) is 19.8 Å². The predicted octanol–water partition coefficient (Wildman–Crippen LogP) is 4.35. The van der Waals surface area contributed by atoms with E-state index in [1.807, 2.05) is 32.9 Å². The van der Waals surface area contributed by atoms with Gasteiger partial charge in [0.1, 0.15) is 11.6 Å². The van der Waals surface area contributed by atoms with Gasteiger partial charge >= 0.3 is 0 Å². The molecule has 3 heterocycles. The summed E-state index contributed by atoms with van der Waals surface area (Å²) in [5.74, 6) is 2.68. The van der Waals surface area contributed by atoms with Gasteiger partial charge in [-0.05, 0) is 58.2 Å². The lowest BCUT2D eigenvalue weighted by Gasteiger charge is -2.18. The number of aliphatic hydroxyl groups is 1. The average Bonchev–Trinajstić information content (AvgIpc) is 3.45. The molecule has 9 nitrogen and oxygen atoms in total. The standard InChI is InChI=1S/C25H32N6O3S/c1-5-26-21(35)12-27-25-29-14(3)22(24(31-25)30-18-8-7-16(9-18)13-32)19-10-17-11-20(33-6-2)28-15(4)23(17)34-19/h5,10-11,16,18,32H,1,6-9,12-13H2,2-4H3,(H,26,35)(H2,27,29,30,31). The monoisotopic (exact) mass is 496 g/mol. The number of rotatable bonds is 10. The minimum absolute atomic E-state index is 0.201. The van der Waals surface area contributed by atoms with E-state index in [0.717, 1.165) is 41.6 Å². The highest BCUT2D eigenvalue weighted by Gasteiger charge is 2.27. The van der Waals surface area contributed by atoms with Crippen molar-refractivity contribution in [2.75, 3.05) is 30.4 Å². The van der Waals surface area contributed by atoms with Gasteiger partial charge in [0, 0.05) is 24.1 Å². The SMILES string of the molecule is C=CNC(=S)CNc1nc(C)c(-c2cc3cc(OCC)nc(C)c3o2)c(NC2CCC(CO)C2)n1. The van der Waals surface area contributed by atoms with Crippen LogP contribution in [-0.2, 0) is 0 Å². The molecule has 10 heteroatoms. The van der Waals surface area contributed by atoms with Crippen molar-refractivity contribution in [3.8, 4) is 17.2 Å². The van der Waals surface area contributed by atoms with E-state index in [2.05, 4.69) is 32.5 Å². The Morgan fingerprint density at radius 3 is 2.80 bits per heavy atom. The molecule has 0 bridgehead atoms. The van der Waals surface area contributed by atoms with E-state index in [1.165, 1.54) is 0 Å². The van der Waals surface area contributed by atoms with Crippen LogP contribution >= 0.6 is 12.2 Å². The van der Waals surface area contributed by atoms with E-state index >= 15 is 0 Å². The zero-order chi connectivity index (χ0) is 24.9. The van der Waals surface area contributed by atoms with Crippen LogP contribution in [0.1, 0.15) is 37.6 Å². The Morgan fingerprint density at radius 2 is 2.09 bits per heavy atom. The number of aliphatic hydroxyl groups excluding tert-OH is 1. The summed E-state index contributed by atoms with van der Waals surface area (Å²) in [5, 5.41) is 20.2. The molecule has 0 saturated heterocycles. The first-order valence-corrected chi connectivity index (χ1v) is 12.3. The van der Waals surface area contributed by atoms with Crippen LogP contribution in [0.15, 0.2) is 29.3 Å². The number of hydrogen-bond acceptors (Lipinski definition) is 9. The van der Waals surface area contributed by atoms with Crippen LogP contribution in [0.2, 0.25) is 0 Å². The van der Waals surface area contributed by atoms with Crippen LogP contribution in [0.3, 0.4) is 0 Å². The zero-order valence-electron chi connectivity index (χ0n) is 20.4. The van der Waals surface area contributed by atoms with Crippen LogP contribution in [0.4, 0.5) is 11.8 Å². The fourth-order valence-corrected chi connectivity index (χ4v) is 4.62. The summed E-state index contributed by atoms with van der Waals surface area (Å²) >= 11 is 5.27. The van der Waals surface area contributed by atoms with Gasteiger partial charge < -0.3 is 30.2 Å². The first kappa shape index (κ1) is 24.9. The summed E-state index contributed by atoms with van der Waals surface area (Å²) in [6, 6.07) is 4.06. The number of ether oxygens (including phenoxy) is 1. The van der Waals surface area contributed by atoms with Crippen molar-refractivity contribution < 1.29 is 14.3 Å². The lowest BCUT2D eigenvalue weighted by atomic mass is 10.1. The maximum absolute atomic E-state index is 9.58. The second-order valence-electron chi connectivity index (χ2n) is 8.69. The molecule has 1 fully saturated rings. The molecule has 0 aromatic carbocycles. The molecule has 1 aliphatic rings. The maximum Gasteiger partial charge on any atom is 0.225 e. The lowest BCUT2D eigenvalue weighted by Crippen LogP contribution is -2.25. The Morgan fingerprint density at radius 1 is 1.26 bits per heavy atom. The molecule has 3 aromatic rings. The molecule has 2 unspecified atom stereocenters. The number of hydrogen-bond donors (Lipinski definition) is 4. The summed E-state index contributed by atoms with van der Waals surface area (Å²) in [5.41, 5.74) is 3.02. The number of pyridine rings is 1. The molecular formula is C25H32N6O3S. The Hall–Kier alpha value is -3.24. The van der Waals surface area contributed by atoms with Crippen molar-refractivity contribution in [1.29, 1.82) is 0 Å². The number of fused-ring (bicyclic) bond motifs is 1. The first-order valence-electron chi connectivity index (χ1n) is 11.9. The third kappa shape index (κ3) is 5.71. The Bertz CT molecular complexity index is 1230. The highest BCUT2D eigenvalue weighted by atomic mass is 32.1. The number of aryl methyl sites for hydroxylation is 2. The zero-order valence-corrected chi connectivity index (χ0v) is 21.2. The topological polar surface area (TPSA) is 117 Å². The molecule has 0 spiro atoms. The molecule has 186 valence electrons. The molecule has 0 aliphatic heterocycles. The van der Waals surface area contributed by atoms with Gasteiger partial charge in [-0.25, -0.2) is 9.97 Å². The third-order valence-corrected chi connectivity index (χ3v) is 6.35. The number of nitrogens with zero attached hydrogens (tertiary/aromatic N) is 3. The van der Waals surface area contributed by atoms with Crippen LogP contribution in [-0.4, -0.2) is 50.8 Å². The van der Waals surface area contributed by atoms with E-state index in [4.69, 9.17) is 26.4 Å². The molecule has 1 aliphatic carbocycles. The van der Waals surface area contributed by atoms with E-state index in [-0.39, 0.29) is 12.6 Å². The number of anilines is 2. The van der Waals surface area contributed by atoms with Crippen molar-refractivity contribution in [3.63, 3.8) is 0 Å². The van der Waals surface area contributed by atoms with E-state index in [1.54, 1.807) is 6.20 Å². The molecule has 1 saturated carbocycles. The summed E-state index contributed by atoms with van der Waals surface area (Å²) in [7, 11) is 0. The van der Waals surface area contributed by atoms with Gasteiger partial charge in [0.25, 0.3) is 0 Å². The minimum atomic E-state index is 0.201. The molecule has 3 aromatic heterocycles. The first-order chi connectivity index (χ1) is 16.9. The van der Waals surface area contributed by atoms with Gasteiger partial charge in [-0.1, -0.05) is 18.8 Å². The number of aromatic nitrogens is 3. The second-order valence-corrected chi connectivity index (χ2v) is 9.19. The Labute approximate surface area is 210 Å². The van der Waals surface area contributed by atoms with Gasteiger partial charge in [-0.2, -0.15) is 4.98 Å². The van der Waals surface area contributed by atoms with Crippen LogP contribution < -0.4 is 20.7 Å². The summed E-state index contributed by atoms with van der Waals surface area (Å²) in [6.07, 6.45) is 4.37. The van der Waals surface area contributed by atoms with Gasteiger partial charge in [0.05, 0.1) is 35.1 Å². The summed E-state index contributed by atoms with van der Waals surface area (Å²) < 4.78 is 11.9. The van der Waals surface area contributed by atoms with Gasteiger partial charge in [0.2, 0.25) is 11.8 Å². The normalized spacial score (nSPS) is 17.4. The lowest BCUT2D eigenvalue weighted by molar-refractivity contribution is 0.229. The molecule has 4 N–H and O–H groups in total. The summed E-state index contributed by atoms with van der Waals surface area (Å²) in [4.78, 5) is 14.5.